The van der Waals surface area contributed by atoms with Crippen LogP contribution in [0.2, 0.25) is 0 Å². The number of fused-ring (bicyclic) bond motifs is 1. The van der Waals surface area contributed by atoms with Crippen molar-refractivity contribution in [2.75, 3.05) is 18.9 Å². The van der Waals surface area contributed by atoms with Crippen molar-refractivity contribution in [1.29, 1.82) is 0 Å². The van der Waals surface area contributed by atoms with E-state index < -0.39 is 56.5 Å². The van der Waals surface area contributed by atoms with Crippen LogP contribution in [-0.4, -0.2) is 67.7 Å². The molecule has 5 atom stereocenters. The van der Waals surface area contributed by atoms with Gasteiger partial charge in [0, 0.05) is 6.42 Å². The molecule has 1 fully saturated rings. The van der Waals surface area contributed by atoms with Gasteiger partial charge in [-0.15, -0.1) is 6.42 Å². The van der Waals surface area contributed by atoms with Gasteiger partial charge in [0.1, 0.15) is 24.6 Å². The van der Waals surface area contributed by atoms with Crippen molar-refractivity contribution in [3.63, 3.8) is 0 Å². The number of hydrogen-bond acceptors (Lipinski definition) is 12. The van der Waals surface area contributed by atoms with Crippen LogP contribution in [0.25, 0.3) is 11.2 Å². The molecule has 15 nitrogen and oxygen atoms in total. The van der Waals surface area contributed by atoms with Gasteiger partial charge in [-0.2, -0.15) is 19.4 Å². The van der Waals surface area contributed by atoms with E-state index in [1.807, 2.05) is 0 Å². The normalized spacial score (nSPS) is 20.3. The summed E-state index contributed by atoms with van der Waals surface area (Å²) < 4.78 is 58.9. The second-order valence-electron chi connectivity index (χ2n) is 11.7. The number of ether oxygens (including phenoxy) is 3. The van der Waals surface area contributed by atoms with Gasteiger partial charge in [-0.05, 0) is 30.5 Å². The minimum absolute atomic E-state index is 0.0269. The zero-order valence-corrected chi connectivity index (χ0v) is 28.6. The first-order chi connectivity index (χ1) is 24.5. The summed E-state index contributed by atoms with van der Waals surface area (Å²) in [6.07, 6.45) is 6.00. The van der Waals surface area contributed by atoms with E-state index in [4.69, 9.17) is 35.4 Å². The van der Waals surface area contributed by atoms with Crippen molar-refractivity contribution in [3.8, 4) is 18.1 Å². The van der Waals surface area contributed by atoms with Crippen molar-refractivity contribution in [1.82, 2.24) is 24.6 Å². The number of aromatic nitrogens is 4. The Morgan fingerprint density at radius 1 is 1.18 bits per heavy atom. The number of nitrogens with one attached hydrogen (secondary N) is 1. The van der Waals surface area contributed by atoms with Gasteiger partial charge in [-0.25, -0.2) is 14.3 Å². The Morgan fingerprint density at radius 2 is 1.90 bits per heavy atom. The molecule has 0 aliphatic carbocycles. The largest absolute Gasteiger partial charge is 0.508 e. The Labute approximate surface area is 293 Å². The summed E-state index contributed by atoms with van der Waals surface area (Å²) in [5.74, 6) is 1.02. The maximum atomic E-state index is 14.5. The van der Waals surface area contributed by atoms with E-state index in [2.05, 4.69) is 32.9 Å². The third-order valence-electron chi connectivity index (χ3n) is 8.03. The average molecular weight is 725 g/mol. The molecule has 0 bridgehead atoms. The van der Waals surface area contributed by atoms with Crippen molar-refractivity contribution in [2.45, 2.75) is 69.4 Å². The van der Waals surface area contributed by atoms with Crippen molar-refractivity contribution in [2.24, 2.45) is 0 Å². The molecular formula is C34H38FN6O9P. The first kappa shape index (κ1) is 37.2. The highest BCUT2D eigenvalue weighted by atomic mass is 31.2. The number of nitrogen functional groups attached to an aromatic ring is 1. The summed E-state index contributed by atoms with van der Waals surface area (Å²) in [6, 6.07) is 15.2. The molecule has 0 radical (unpaired) electrons. The quantitative estimate of drug-likeness (QED) is 0.0409. The standard InChI is InChI=1S/C34H38FN6O9P/c1-3-5-6-13-18-46-33(44)48-26-20-27(41-22-37-28-29(36)38-32(35)39-30(28)41)49-34(26,4-2)21-47-51(45,50-24-16-11-8-12-17-24)40-25(31(42)43)19-23-14-9-7-10-15-23/h2,7-12,14-17,22,25-27H,3,5-6,13,18-21H2,1H3,(H,40,45)(H,42,43)(H2,36,38,39)/t25?,26-,27+,34+,51-/m0/s1. The first-order valence-corrected chi connectivity index (χ1v) is 17.8. The Hall–Kier alpha value is -5.07. The summed E-state index contributed by atoms with van der Waals surface area (Å²) in [4.78, 5) is 36.7. The summed E-state index contributed by atoms with van der Waals surface area (Å²) >= 11 is 0. The fourth-order valence-corrected chi connectivity index (χ4v) is 6.95. The van der Waals surface area contributed by atoms with Gasteiger partial charge in [0.05, 0.1) is 12.9 Å². The molecule has 1 unspecified atom stereocenters. The van der Waals surface area contributed by atoms with Crippen molar-refractivity contribution in [3.05, 3.63) is 78.6 Å². The third kappa shape index (κ3) is 9.39. The number of unbranched alkanes of at least 4 members (excludes halogenated alkanes) is 3. The number of aliphatic carboxylic acids is 1. The molecule has 0 saturated carbocycles. The molecule has 3 heterocycles. The molecule has 4 aromatic rings. The van der Waals surface area contributed by atoms with E-state index >= 15 is 0 Å². The van der Waals surface area contributed by atoms with Crippen LogP contribution in [0.4, 0.5) is 15.0 Å². The summed E-state index contributed by atoms with van der Waals surface area (Å²) in [7, 11) is -4.60. The maximum absolute atomic E-state index is 14.5. The molecule has 2 aromatic carbocycles. The smallest absolute Gasteiger partial charge is 0.480 e. The van der Waals surface area contributed by atoms with Gasteiger partial charge in [-0.1, -0.05) is 80.6 Å². The third-order valence-corrected chi connectivity index (χ3v) is 9.57. The molecule has 1 saturated heterocycles. The van der Waals surface area contributed by atoms with Crippen LogP contribution in [0.3, 0.4) is 0 Å². The number of benzene rings is 2. The molecular weight excluding hydrogens is 686 g/mol. The molecule has 0 amide bonds. The number of nitrogens with zero attached hydrogens (tertiary/aromatic N) is 4. The lowest BCUT2D eigenvalue weighted by atomic mass is 9.99. The highest BCUT2D eigenvalue weighted by Gasteiger charge is 2.53. The number of carbonyl (C=O) groups is 2. The van der Waals surface area contributed by atoms with Crippen LogP contribution >= 0.6 is 7.75 Å². The Balaban J connectivity index is 1.44. The number of hydrogen-bond donors (Lipinski definition) is 3. The summed E-state index contributed by atoms with van der Waals surface area (Å²) in [6.45, 7) is 1.41. The van der Waals surface area contributed by atoms with Gasteiger partial charge in [-0.3, -0.25) is 13.9 Å². The molecule has 1 aliphatic heterocycles. The van der Waals surface area contributed by atoms with E-state index in [0.717, 1.165) is 19.3 Å². The van der Waals surface area contributed by atoms with Gasteiger partial charge in [0.15, 0.2) is 28.7 Å². The number of halogens is 1. The highest BCUT2D eigenvalue weighted by molar-refractivity contribution is 7.52. The number of carboxylic acid groups (broad SMARTS) is 1. The number of rotatable bonds is 17. The molecule has 270 valence electrons. The zero-order chi connectivity index (χ0) is 36.4. The number of carboxylic acids is 1. The molecule has 0 spiro atoms. The molecule has 1 aliphatic rings. The minimum Gasteiger partial charge on any atom is -0.480 e. The monoisotopic (exact) mass is 724 g/mol. The van der Waals surface area contributed by atoms with Gasteiger partial charge < -0.3 is 29.6 Å². The lowest BCUT2D eigenvalue weighted by molar-refractivity contribution is -0.139. The number of imidazole rings is 1. The van der Waals surface area contributed by atoms with Crippen LogP contribution in [0.15, 0.2) is 67.0 Å². The fraction of sp³-hybridized carbons (Fsp3) is 0.382. The number of nitrogens with two attached hydrogens (primary N) is 1. The molecule has 5 rings (SSSR count). The predicted molar refractivity (Wildman–Crippen MR) is 182 cm³/mol. The van der Waals surface area contributed by atoms with Crippen LogP contribution in [0.1, 0.15) is 50.8 Å². The van der Waals surface area contributed by atoms with Crippen molar-refractivity contribution >= 4 is 36.9 Å². The summed E-state index contributed by atoms with van der Waals surface area (Å²) in [5.41, 5.74) is 4.58. The van der Waals surface area contributed by atoms with E-state index in [0.29, 0.717) is 12.0 Å². The van der Waals surface area contributed by atoms with E-state index in [1.165, 1.54) is 23.0 Å². The van der Waals surface area contributed by atoms with Gasteiger partial charge >= 0.3 is 25.9 Å². The average Bonchev–Trinajstić information content (AvgIpc) is 3.69. The van der Waals surface area contributed by atoms with Gasteiger partial charge in [0.25, 0.3) is 0 Å². The highest BCUT2D eigenvalue weighted by Crippen LogP contribution is 2.48. The predicted octanol–water partition coefficient (Wildman–Crippen LogP) is 5.43. The first-order valence-electron chi connectivity index (χ1n) is 16.2. The maximum Gasteiger partial charge on any atom is 0.508 e. The molecule has 4 N–H and O–H groups in total. The van der Waals surface area contributed by atoms with Crippen LogP contribution in [0.5, 0.6) is 5.75 Å². The number of terminal acetylenes is 1. The Morgan fingerprint density at radius 3 is 2.59 bits per heavy atom. The topological polar surface area (TPSA) is 199 Å². The molecule has 51 heavy (non-hydrogen) atoms. The van der Waals surface area contributed by atoms with Crippen molar-refractivity contribution < 1.29 is 46.9 Å². The fourth-order valence-electron chi connectivity index (χ4n) is 5.43. The molecule has 17 heteroatoms. The lowest BCUT2D eigenvalue weighted by Crippen LogP contribution is -2.46. The number of para-hydroxylation sites is 1. The molecule has 2 aromatic heterocycles. The van der Waals surface area contributed by atoms with Crippen LogP contribution in [0, 0.1) is 18.4 Å². The zero-order valence-electron chi connectivity index (χ0n) is 27.7. The van der Waals surface area contributed by atoms with E-state index in [1.54, 1.807) is 48.5 Å². The second kappa shape index (κ2) is 16.8. The number of anilines is 1. The lowest BCUT2D eigenvalue weighted by Gasteiger charge is -2.31. The Bertz CT molecular complexity index is 1890. The van der Waals surface area contributed by atoms with E-state index in [9.17, 15) is 23.7 Å². The second-order valence-corrected chi connectivity index (χ2v) is 13.4. The van der Waals surface area contributed by atoms with E-state index in [-0.39, 0.29) is 42.2 Å². The SMILES string of the molecule is C#C[C@]1(CO[P@@](=O)(NC(Cc2ccccc2)C(=O)O)Oc2ccccc2)O[C@@H](n2cnc3c(N)nc(F)nc32)C[C@@H]1OC(=O)OCCCCCC. The number of carbonyl (C=O) groups excluding carboxylic acids is 1. The van der Waals surface area contributed by atoms with Gasteiger partial charge in [0.2, 0.25) is 0 Å². The Kier molecular flexibility index (Phi) is 12.2. The van der Waals surface area contributed by atoms with Crippen LogP contribution in [-0.2, 0) is 34.5 Å². The minimum atomic E-state index is -4.60. The summed E-state index contributed by atoms with van der Waals surface area (Å²) in [5, 5.41) is 12.6. The van der Waals surface area contributed by atoms with Crippen LogP contribution < -0.4 is 15.3 Å².